The van der Waals surface area contributed by atoms with Crippen LogP contribution >= 0.6 is 23.2 Å². The van der Waals surface area contributed by atoms with E-state index in [9.17, 15) is 13.2 Å². The summed E-state index contributed by atoms with van der Waals surface area (Å²) in [6.07, 6.45) is 2.54. The van der Waals surface area contributed by atoms with Gasteiger partial charge in [0.25, 0.3) is 0 Å². The van der Waals surface area contributed by atoms with E-state index in [1.54, 1.807) is 18.2 Å². The van der Waals surface area contributed by atoms with Crippen LogP contribution in [0.5, 0.6) is 0 Å². The summed E-state index contributed by atoms with van der Waals surface area (Å²) < 4.78 is 24.5. The lowest BCUT2D eigenvalue weighted by Crippen LogP contribution is -2.44. The summed E-state index contributed by atoms with van der Waals surface area (Å²) in [5.74, 6) is -0.478. The van der Waals surface area contributed by atoms with Crippen molar-refractivity contribution in [2.24, 2.45) is 5.92 Å². The van der Waals surface area contributed by atoms with Gasteiger partial charge in [-0.2, -0.15) is 0 Å². The van der Waals surface area contributed by atoms with Crippen LogP contribution in [-0.4, -0.2) is 38.0 Å². The van der Waals surface area contributed by atoms with E-state index < -0.39 is 10.0 Å². The predicted octanol–water partition coefficient (Wildman–Crippen LogP) is 2.28. The van der Waals surface area contributed by atoms with E-state index in [0.717, 1.165) is 5.56 Å². The molecule has 1 aliphatic rings. The topological polar surface area (TPSA) is 66.5 Å². The molecule has 0 saturated carbocycles. The first-order valence-corrected chi connectivity index (χ1v) is 9.54. The Hall–Kier alpha value is -0.820. The summed E-state index contributed by atoms with van der Waals surface area (Å²) in [5.41, 5.74) is 0.773. The average molecular weight is 365 g/mol. The van der Waals surface area contributed by atoms with Crippen molar-refractivity contribution < 1.29 is 13.2 Å². The van der Waals surface area contributed by atoms with Gasteiger partial charge in [-0.25, -0.2) is 12.7 Å². The number of nitrogens with one attached hydrogen (secondary N) is 1. The molecule has 1 aromatic carbocycles. The van der Waals surface area contributed by atoms with Gasteiger partial charge in [-0.3, -0.25) is 4.79 Å². The highest BCUT2D eigenvalue weighted by atomic mass is 35.5. The maximum absolute atomic E-state index is 12.2. The van der Waals surface area contributed by atoms with Gasteiger partial charge in [0.2, 0.25) is 15.9 Å². The number of nitrogens with zero attached hydrogens (tertiary/aromatic N) is 1. The normalized spacial score (nSPS) is 19.9. The van der Waals surface area contributed by atoms with Crippen LogP contribution in [0.15, 0.2) is 18.2 Å². The average Bonchev–Trinajstić information content (AvgIpc) is 2.45. The van der Waals surface area contributed by atoms with Crippen LogP contribution in [0.1, 0.15) is 18.4 Å². The molecule has 0 aliphatic carbocycles. The van der Waals surface area contributed by atoms with Crippen molar-refractivity contribution in [1.29, 1.82) is 0 Å². The van der Waals surface area contributed by atoms with Crippen molar-refractivity contribution >= 4 is 39.1 Å². The number of sulfonamides is 1. The zero-order valence-corrected chi connectivity index (χ0v) is 14.5. The van der Waals surface area contributed by atoms with E-state index in [-0.39, 0.29) is 18.4 Å². The molecule has 1 N–H and O–H groups in total. The second kappa shape index (κ2) is 7.17. The number of hydrogen-bond donors (Lipinski definition) is 1. The number of benzene rings is 1. The Morgan fingerprint density at radius 2 is 2.14 bits per heavy atom. The van der Waals surface area contributed by atoms with Crippen molar-refractivity contribution in [1.82, 2.24) is 9.62 Å². The van der Waals surface area contributed by atoms with Gasteiger partial charge in [-0.05, 0) is 30.5 Å². The molecule has 0 unspecified atom stereocenters. The molecule has 0 radical (unpaired) electrons. The van der Waals surface area contributed by atoms with Crippen molar-refractivity contribution in [2.75, 3.05) is 19.3 Å². The first kappa shape index (κ1) is 17.5. The third kappa shape index (κ3) is 4.59. The molecular formula is C14H18Cl2N2O3S. The molecule has 1 aliphatic heterocycles. The molecule has 1 atom stereocenters. The SMILES string of the molecule is CS(=O)(=O)N1CCC[C@H](C(=O)NCc2ccc(Cl)cc2Cl)C1. The lowest BCUT2D eigenvalue weighted by molar-refractivity contribution is -0.126. The van der Waals surface area contributed by atoms with Gasteiger partial charge < -0.3 is 5.32 Å². The Bertz CT molecular complexity index is 664. The quantitative estimate of drug-likeness (QED) is 0.890. The molecule has 1 fully saturated rings. The minimum atomic E-state index is -3.25. The molecule has 0 spiro atoms. The lowest BCUT2D eigenvalue weighted by Gasteiger charge is -2.30. The molecule has 22 heavy (non-hydrogen) atoms. The van der Waals surface area contributed by atoms with Crippen LogP contribution in [0.25, 0.3) is 0 Å². The molecule has 8 heteroatoms. The number of piperidine rings is 1. The standard InChI is InChI=1S/C14H18Cl2N2O3S/c1-22(20,21)18-6-2-3-11(9-18)14(19)17-8-10-4-5-12(15)7-13(10)16/h4-5,7,11H,2-3,6,8-9H2,1H3,(H,17,19)/t11-/m0/s1. The van der Waals surface area contributed by atoms with Gasteiger partial charge in [0.1, 0.15) is 0 Å². The van der Waals surface area contributed by atoms with Gasteiger partial charge in [0.05, 0.1) is 12.2 Å². The minimum absolute atomic E-state index is 0.153. The lowest BCUT2D eigenvalue weighted by atomic mass is 9.99. The first-order valence-electron chi connectivity index (χ1n) is 6.94. The van der Waals surface area contributed by atoms with Crippen LogP contribution in [0.2, 0.25) is 10.0 Å². The number of halogens is 2. The van der Waals surface area contributed by atoms with Crippen LogP contribution in [0.3, 0.4) is 0 Å². The summed E-state index contributed by atoms with van der Waals surface area (Å²) in [4.78, 5) is 12.2. The molecule has 5 nitrogen and oxygen atoms in total. The van der Waals surface area contributed by atoms with E-state index >= 15 is 0 Å². The van der Waals surface area contributed by atoms with Crippen LogP contribution in [0, 0.1) is 5.92 Å². The van der Waals surface area contributed by atoms with E-state index in [1.165, 1.54) is 10.6 Å². The van der Waals surface area contributed by atoms with Gasteiger partial charge >= 0.3 is 0 Å². The van der Waals surface area contributed by atoms with E-state index in [4.69, 9.17) is 23.2 Å². The molecule has 122 valence electrons. The number of carbonyl (C=O) groups is 1. The minimum Gasteiger partial charge on any atom is -0.352 e. The van der Waals surface area contributed by atoms with Crippen LogP contribution in [-0.2, 0) is 21.4 Å². The summed E-state index contributed by atoms with van der Waals surface area (Å²) in [5, 5.41) is 3.85. The Morgan fingerprint density at radius 3 is 2.77 bits per heavy atom. The van der Waals surface area contributed by atoms with E-state index in [0.29, 0.717) is 36.0 Å². The molecule has 1 amide bonds. The van der Waals surface area contributed by atoms with Gasteiger partial charge in [-0.15, -0.1) is 0 Å². The maximum atomic E-state index is 12.2. The Labute approximate surface area is 140 Å². The number of amides is 1. The fraction of sp³-hybridized carbons (Fsp3) is 0.500. The van der Waals surface area contributed by atoms with Crippen molar-refractivity contribution in [3.05, 3.63) is 33.8 Å². The highest BCUT2D eigenvalue weighted by molar-refractivity contribution is 7.88. The molecule has 1 aromatic rings. The summed E-state index contributed by atoms with van der Waals surface area (Å²) in [7, 11) is -3.25. The number of carbonyl (C=O) groups excluding carboxylic acids is 1. The first-order chi connectivity index (χ1) is 10.3. The highest BCUT2D eigenvalue weighted by Gasteiger charge is 2.29. The largest absolute Gasteiger partial charge is 0.352 e. The summed E-state index contributed by atoms with van der Waals surface area (Å²) >= 11 is 11.9. The van der Waals surface area contributed by atoms with Crippen LogP contribution < -0.4 is 5.32 Å². The third-order valence-electron chi connectivity index (χ3n) is 3.69. The monoisotopic (exact) mass is 364 g/mol. The van der Waals surface area contributed by atoms with Gasteiger partial charge in [-0.1, -0.05) is 29.3 Å². The Morgan fingerprint density at radius 1 is 1.41 bits per heavy atom. The van der Waals surface area contributed by atoms with Crippen molar-refractivity contribution in [2.45, 2.75) is 19.4 Å². The van der Waals surface area contributed by atoms with E-state index in [1.807, 2.05) is 0 Å². The molecule has 1 saturated heterocycles. The zero-order valence-electron chi connectivity index (χ0n) is 12.2. The van der Waals surface area contributed by atoms with E-state index in [2.05, 4.69) is 5.32 Å². The predicted molar refractivity (Wildman–Crippen MR) is 87.4 cm³/mol. The zero-order chi connectivity index (χ0) is 16.3. The fourth-order valence-corrected chi connectivity index (χ4v) is 3.84. The summed E-state index contributed by atoms with van der Waals surface area (Å²) in [6, 6.07) is 5.09. The highest BCUT2D eigenvalue weighted by Crippen LogP contribution is 2.22. The third-order valence-corrected chi connectivity index (χ3v) is 5.55. The molecular weight excluding hydrogens is 347 g/mol. The van der Waals surface area contributed by atoms with Crippen molar-refractivity contribution in [3.63, 3.8) is 0 Å². The maximum Gasteiger partial charge on any atom is 0.224 e. The second-order valence-electron chi connectivity index (χ2n) is 5.41. The van der Waals surface area contributed by atoms with Crippen molar-refractivity contribution in [3.8, 4) is 0 Å². The summed E-state index contributed by atoms with van der Waals surface area (Å²) in [6.45, 7) is 1.01. The number of rotatable bonds is 4. The smallest absolute Gasteiger partial charge is 0.224 e. The second-order valence-corrected chi connectivity index (χ2v) is 8.24. The Balaban J connectivity index is 1.94. The molecule has 1 heterocycles. The molecule has 0 bridgehead atoms. The number of hydrogen-bond acceptors (Lipinski definition) is 3. The van der Waals surface area contributed by atoms with Gasteiger partial charge in [0, 0.05) is 29.7 Å². The van der Waals surface area contributed by atoms with Gasteiger partial charge in [0.15, 0.2) is 0 Å². The molecule has 2 rings (SSSR count). The fourth-order valence-electron chi connectivity index (χ4n) is 2.45. The van der Waals surface area contributed by atoms with Crippen LogP contribution in [0.4, 0.5) is 0 Å². The Kier molecular flexibility index (Phi) is 5.71. The molecule has 0 aromatic heterocycles.